The summed E-state index contributed by atoms with van der Waals surface area (Å²) in [5, 5.41) is 8.11. The summed E-state index contributed by atoms with van der Waals surface area (Å²) in [5.74, 6) is 0.993. The highest BCUT2D eigenvalue weighted by atomic mass is 16.5. The Balaban J connectivity index is 2.47. The number of hydrogen-bond acceptors (Lipinski definition) is 4. The van der Waals surface area contributed by atoms with E-state index in [2.05, 4.69) is 42.2 Å². The van der Waals surface area contributed by atoms with E-state index in [4.69, 9.17) is 4.74 Å². The number of ether oxygens (including phenoxy) is 1. The molecule has 0 aliphatic carbocycles. The molecule has 1 atom stereocenters. The molecule has 0 bridgehead atoms. The van der Waals surface area contributed by atoms with E-state index in [9.17, 15) is 0 Å². The summed E-state index contributed by atoms with van der Waals surface area (Å²) >= 11 is 0. The van der Waals surface area contributed by atoms with Crippen LogP contribution in [0.5, 0.6) is 0 Å². The first-order chi connectivity index (χ1) is 9.60. The largest absolute Gasteiger partial charge is 0.383 e. The van der Waals surface area contributed by atoms with Gasteiger partial charge in [0.25, 0.3) is 0 Å². The number of aromatic nitrogens is 3. The van der Waals surface area contributed by atoms with E-state index in [-0.39, 0.29) is 6.04 Å². The molecule has 5 nitrogen and oxygen atoms in total. The minimum Gasteiger partial charge on any atom is -0.383 e. The van der Waals surface area contributed by atoms with Crippen molar-refractivity contribution in [2.24, 2.45) is 0 Å². The Morgan fingerprint density at radius 3 is 2.70 bits per heavy atom. The van der Waals surface area contributed by atoms with Crippen molar-refractivity contribution in [2.45, 2.75) is 46.6 Å². The van der Waals surface area contributed by atoms with Crippen molar-refractivity contribution in [1.29, 1.82) is 0 Å². The van der Waals surface area contributed by atoms with Crippen LogP contribution in [0.2, 0.25) is 0 Å². The van der Waals surface area contributed by atoms with Crippen LogP contribution in [-0.2, 0) is 11.2 Å². The van der Waals surface area contributed by atoms with Gasteiger partial charge in [-0.2, -0.15) is 9.61 Å². The van der Waals surface area contributed by atoms with Gasteiger partial charge in [-0.3, -0.25) is 0 Å². The zero-order valence-corrected chi connectivity index (χ0v) is 13.0. The third-order valence-corrected chi connectivity index (χ3v) is 3.68. The second-order valence-electron chi connectivity index (χ2n) is 5.14. The first-order valence-electron chi connectivity index (χ1n) is 7.22. The van der Waals surface area contributed by atoms with Crippen LogP contribution in [0, 0.1) is 13.8 Å². The Bertz CT molecular complexity index is 591. The van der Waals surface area contributed by atoms with Crippen molar-refractivity contribution >= 4 is 11.5 Å². The summed E-state index contributed by atoms with van der Waals surface area (Å²) in [7, 11) is 1.73. The predicted octanol–water partition coefficient (Wildman–Crippen LogP) is 2.75. The number of fused-ring (bicyclic) bond motifs is 1. The number of aryl methyl sites for hydroxylation is 3. The number of anilines is 1. The van der Waals surface area contributed by atoms with Gasteiger partial charge in [-0.1, -0.05) is 13.8 Å². The minimum atomic E-state index is 0.278. The molecular weight excluding hydrogens is 252 g/mol. The maximum atomic E-state index is 5.26. The molecule has 2 aromatic heterocycles. The quantitative estimate of drug-likeness (QED) is 0.881. The molecule has 0 amide bonds. The molecule has 0 saturated heterocycles. The number of rotatable bonds is 6. The Morgan fingerprint density at radius 1 is 1.35 bits per heavy atom. The van der Waals surface area contributed by atoms with Gasteiger partial charge in [-0.25, -0.2) is 4.98 Å². The molecule has 110 valence electrons. The summed E-state index contributed by atoms with van der Waals surface area (Å²) in [4.78, 5) is 4.68. The molecule has 0 aliphatic heterocycles. The summed E-state index contributed by atoms with van der Waals surface area (Å²) in [6, 6.07) is 2.36. The van der Waals surface area contributed by atoms with E-state index in [1.165, 1.54) is 0 Å². The van der Waals surface area contributed by atoms with Crippen molar-refractivity contribution in [3.63, 3.8) is 0 Å². The molecule has 0 radical (unpaired) electrons. The first-order valence-corrected chi connectivity index (χ1v) is 7.22. The standard InChI is InChI=1S/C15H24N4O/c1-6-12-8-14(16-13(7-2)9-20-5)19-15(17-12)10(3)11(4)18-19/h8,13,16H,6-7,9H2,1-5H3. The van der Waals surface area contributed by atoms with Gasteiger partial charge < -0.3 is 10.1 Å². The lowest BCUT2D eigenvalue weighted by atomic mass is 10.2. The number of hydrogen-bond donors (Lipinski definition) is 1. The molecule has 5 heteroatoms. The lowest BCUT2D eigenvalue weighted by Gasteiger charge is -2.18. The van der Waals surface area contributed by atoms with E-state index >= 15 is 0 Å². The highest BCUT2D eigenvalue weighted by molar-refractivity contribution is 5.56. The SMILES string of the molecule is CCc1cc(NC(CC)COC)n2nc(C)c(C)c2n1. The summed E-state index contributed by atoms with van der Waals surface area (Å²) in [5.41, 5.74) is 4.18. The molecule has 0 saturated carbocycles. The van der Waals surface area contributed by atoms with Crippen molar-refractivity contribution in [2.75, 3.05) is 19.0 Å². The van der Waals surface area contributed by atoms with Crippen molar-refractivity contribution < 1.29 is 4.74 Å². The monoisotopic (exact) mass is 276 g/mol. The van der Waals surface area contributed by atoms with Crippen LogP contribution in [0.3, 0.4) is 0 Å². The van der Waals surface area contributed by atoms with E-state index in [0.717, 1.165) is 41.3 Å². The highest BCUT2D eigenvalue weighted by Crippen LogP contribution is 2.19. The third-order valence-electron chi connectivity index (χ3n) is 3.68. The fraction of sp³-hybridized carbons (Fsp3) is 0.600. The Morgan fingerprint density at radius 2 is 2.10 bits per heavy atom. The molecule has 2 heterocycles. The molecule has 0 spiro atoms. The van der Waals surface area contributed by atoms with E-state index in [0.29, 0.717) is 6.61 Å². The molecule has 20 heavy (non-hydrogen) atoms. The van der Waals surface area contributed by atoms with Gasteiger partial charge in [0.15, 0.2) is 5.65 Å². The molecule has 1 unspecified atom stereocenters. The van der Waals surface area contributed by atoms with Crippen LogP contribution in [-0.4, -0.2) is 34.4 Å². The van der Waals surface area contributed by atoms with Gasteiger partial charge in [-0.05, 0) is 26.7 Å². The van der Waals surface area contributed by atoms with Gasteiger partial charge in [0.2, 0.25) is 0 Å². The van der Waals surface area contributed by atoms with Crippen LogP contribution in [0.15, 0.2) is 6.07 Å². The van der Waals surface area contributed by atoms with Crippen LogP contribution in [0.1, 0.15) is 37.2 Å². The van der Waals surface area contributed by atoms with Gasteiger partial charge in [0, 0.05) is 24.4 Å². The van der Waals surface area contributed by atoms with E-state index < -0.39 is 0 Å². The predicted molar refractivity (Wildman–Crippen MR) is 81.4 cm³/mol. The highest BCUT2D eigenvalue weighted by Gasteiger charge is 2.14. The maximum absolute atomic E-state index is 5.26. The molecule has 0 fully saturated rings. The molecule has 2 aromatic rings. The molecular formula is C15H24N4O. The van der Waals surface area contributed by atoms with Crippen molar-refractivity contribution in [3.05, 3.63) is 23.0 Å². The Kier molecular flexibility index (Phi) is 4.60. The van der Waals surface area contributed by atoms with Gasteiger partial charge in [-0.15, -0.1) is 0 Å². The van der Waals surface area contributed by atoms with Crippen LogP contribution in [0.4, 0.5) is 5.82 Å². The smallest absolute Gasteiger partial charge is 0.160 e. The van der Waals surface area contributed by atoms with Crippen molar-refractivity contribution in [3.8, 4) is 0 Å². The summed E-state index contributed by atoms with van der Waals surface area (Å²) in [6.07, 6.45) is 1.91. The second-order valence-corrected chi connectivity index (χ2v) is 5.14. The summed E-state index contributed by atoms with van der Waals surface area (Å²) < 4.78 is 7.16. The Hall–Kier alpha value is -1.62. The molecule has 2 rings (SSSR count). The van der Waals surface area contributed by atoms with Crippen LogP contribution < -0.4 is 5.32 Å². The fourth-order valence-electron chi connectivity index (χ4n) is 2.24. The molecule has 1 N–H and O–H groups in total. The zero-order chi connectivity index (χ0) is 14.7. The maximum Gasteiger partial charge on any atom is 0.160 e. The second kappa shape index (κ2) is 6.22. The topological polar surface area (TPSA) is 51.5 Å². The lowest BCUT2D eigenvalue weighted by molar-refractivity contribution is 0.184. The summed E-state index contributed by atoms with van der Waals surface area (Å²) in [6.45, 7) is 9.04. The molecule has 0 aromatic carbocycles. The number of nitrogens with zero attached hydrogens (tertiary/aromatic N) is 3. The number of nitrogens with one attached hydrogen (secondary N) is 1. The number of methoxy groups -OCH3 is 1. The van der Waals surface area contributed by atoms with Gasteiger partial charge in [0.05, 0.1) is 18.3 Å². The minimum absolute atomic E-state index is 0.278. The lowest BCUT2D eigenvalue weighted by Crippen LogP contribution is -2.25. The average Bonchev–Trinajstić information content (AvgIpc) is 2.74. The van der Waals surface area contributed by atoms with Crippen molar-refractivity contribution in [1.82, 2.24) is 14.6 Å². The normalized spacial score (nSPS) is 12.8. The third kappa shape index (κ3) is 2.77. The van der Waals surface area contributed by atoms with Gasteiger partial charge in [0.1, 0.15) is 5.82 Å². The zero-order valence-electron chi connectivity index (χ0n) is 13.0. The molecule has 0 aliphatic rings. The first kappa shape index (κ1) is 14.8. The van der Waals surface area contributed by atoms with E-state index in [1.807, 2.05) is 11.4 Å². The fourth-order valence-corrected chi connectivity index (χ4v) is 2.24. The van der Waals surface area contributed by atoms with Crippen LogP contribution >= 0.6 is 0 Å². The average molecular weight is 276 g/mol. The Labute approximate surface area is 120 Å². The van der Waals surface area contributed by atoms with E-state index in [1.54, 1.807) is 7.11 Å². The van der Waals surface area contributed by atoms with Gasteiger partial charge >= 0.3 is 0 Å². The van der Waals surface area contributed by atoms with Crippen LogP contribution in [0.25, 0.3) is 5.65 Å².